The Balaban J connectivity index is 3.44. The van der Waals surface area contributed by atoms with E-state index in [1.54, 1.807) is 0 Å². The van der Waals surface area contributed by atoms with E-state index in [-0.39, 0.29) is 6.10 Å². The van der Waals surface area contributed by atoms with Gasteiger partial charge < -0.3 is 14.9 Å². The van der Waals surface area contributed by atoms with E-state index in [1.165, 1.54) is 0 Å². The van der Waals surface area contributed by atoms with Crippen LogP contribution in [-0.2, 0) is 9.53 Å². The number of hydrogen-bond acceptors (Lipinski definition) is 4. The summed E-state index contributed by atoms with van der Waals surface area (Å²) in [5, 5.41) is 19.3. The molecule has 4 nitrogen and oxygen atoms in total. The number of unbranched alkanes of at least 4 members (excludes halogenated alkanes) is 1. The number of carbonyl (C=O) groups excluding carboxylic acids is 1. The molecule has 0 spiro atoms. The third-order valence-electron chi connectivity index (χ3n) is 2.82. The third-order valence-corrected chi connectivity index (χ3v) is 2.82. The van der Waals surface area contributed by atoms with E-state index in [2.05, 4.69) is 13.5 Å². The fourth-order valence-corrected chi connectivity index (χ4v) is 1.66. The van der Waals surface area contributed by atoms with Crippen LogP contribution in [0.5, 0.6) is 0 Å². The van der Waals surface area contributed by atoms with Crippen LogP contribution in [0.3, 0.4) is 0 Å². The largest absolute Gasteiger partial charge is 0.463 e. The van der Waals surface area contributed by atoms with Gasteiger partial charge in [-0.15, -0.1) is 0 Å². The zero-order chi connectivity index (χ0) is 13.8. The van der Waals surface area contributed by atoms with Gasteiger partial charge >= 0.3 is 5.97 Å². The SMILES string of the molecule is C=CC(=O)OCCCC(O)CCC(O)CCCC. The summed E-state index contributed by atoms with van der Waals surface area (Å²) in [5.74, 6) is -0.431. The average molecular weight is 258 g/mol. The highest BCUT2D eigenvalue weighted by molar-refractivity contribution is 5.81. The van der Waals surface area contributed by atoms with Gasteiger partial charge in [-0.05, 0) is 32.1 Å². The number of esters is 1. The zero-order valence-electron chi connectivity index (χ0n) is 11.3. The van der Waals surface area contributed by atoms with Crippen LogP contribution in [0.2, 0.25) is 0 Å². The first-order valence-corrected chi connectivity index (χ1v) is 6.75. The van der Waals surface area contributed by atoms with Crippen molar-refractivity contribution >= 4 is 5.97 Å². The molecule has 0 aliphatic carbocycles. The summed E-state index contributed by atoms with van der Waals surface area (Å²) in [6.07, 6.45) is 5.75. The summed E-state index contributed by atoms with van der Waals surface area (Å²) in [6.45, 7) is 5.69. The molecule has 0 amide bonds. The van der Waals surface area contributed by atoms with Crippen LogP contribution in [0.1, 0.15) is 51.9 Å². The number of aliphatic hydroxyl groups excluding tert-OH is 2. The summed E-state index contributed by atoms with van der Waals surface area (Å²) >= 11 is 0. The highest BCUT2D eigenvalue weighted by Crippen LogP contribution is 2.11. The smallest absolute Gasteiger partial charge is 0.330 e. The first-order valence-electron chi connectivity index (χ1n) is 6.75. The van der Waals surface area contributed by atoms with Gasteiger partial charge in [0.15, 0.2) is 0 Å². The van der Waals surface area contributed by atoms with Gasteiger partial charge in [-0.2, -0.15) is 0 Å². The summed E-state index contributed by atoms with van der Waals surface area (Å²) < 4.78 is 4.80. The Morgan fingerprint density at radius 3 is 2.22 bits per heavy atom. The lowest BCUT2D eigenvalue weighted by Crippen LogP contribution is -2.14. The molecule has 2 N–H and O–H groups in total. The molecule has 0 aromatic heterocycles. The molecule has 2 unspecified atom stereocenters. The summed E-state index contributed by atoms with van der Waals surface area (Å²) in [4.78, 5) is 10.7. The molecule has 4 heteroatoms. The molecule has 0 heterocycles. The normalized spacial score (nSPS) is 13.9. The van der Waals surface area contributed by atoms with Crippen LogP contribution in [0.25, 0.3) is 0 Å². The lowest BCUT2D eigenvalue weighted by Gasteiger charge is -2.13. The average Bonchev–Trinajstić information content (AvgIpc) is 2.38. The second-order valence-electron chi connectivity index (χ2n) is 4.54. The molecular weight excluding hydrogens is 232 g/mol. The highest BCUT2D eigenvalue weighted by atomic mass is 16.5. The maximum Gasteiger partial charge on any atom is 0.330 e. The molecule has 18 heavy (non-hydrogen) atoms. The van der Waals surface area contributed by atoms with Crippen LogP contribution >= 0.6 is 0 Å². The van der Waals surface area contributed by atoms with Gasteiger partial charge in [-0.3, -0.25) is 0 Å². The number of rotatable bonds is 11. The van der Waals surface area contributed by atoms with Crippen molar-refractivity contribution in [3.05, 3.63) is 12.7 Å². The lowest BCUT2D eigenvalue weighted by atomic mass is 10.0. The van der Waals surface area contributed by atoms with Gasteiger partial charge in [-0.25, -0.2) is 4.79 Å². The molecule has 0 aromatic rings. The van der Waals surface area contributed by atoms with E-state index >= 15 is 0 Å². The second-order valence-corrected chi connectivity index (χ2v) is 4.54. The molecule has 0 rings (SSSR count). The predicted molar refractivity (Wildman–Crippen MR) is 71.2 cm³/mol. The maximum atomic E-state index is 10.7. The maximum absolute atomic E-state index is 10.7. The van der Waals surface area contributed by atoms with E-state index in [1.807, 2.05) is 0 Å². The fourth-order valence-electron chi connectivity index (χ4n) is 1.66. The van der Waals surface area contributed by atoms with Crippen molar-refractivity contribution in [3.63, 3.8) is 0 Å². The monoisotopic (exact) mass is 258 g/mol. The Labute approximate surface area is 110 Å². The van der Waals surface area contributed by atoms with Crippen LogP contribution < -0.4 is 0 Å². The first kappa shape index (κ1) is 17.1. The lowest BCUT2D eigenvalue weighted by molar-refractivity contribution is -0.138. The molecule has 0 aromatic carbocycles. The van der Waals surface area contributed by atoms with Crippen LogP contribution in [0, 0.1) is 0 Å². The Morgan fingerprint density at radius 2 is 1.72 bits per heavy atom. The molecule has 2 atom stereocenters. The molecular formula is C14H26O4. The highest BCUT2D eigenvalue weighted by Gasteiger charge is 2.09. The number of ether oxygens (including phenoxy) is 1. The van der Waals surface area contributed by atoms with Crippen molar-refractivity contribution in [1.29, 1.82) is 0 Å². The molecule has 0 fully saturated rings. The standard InChI is InChI=1S/C14H26O4/c1-3-5-7-12(15)9-10-13(16)8-6-11-18-14(17)4-2/h4,12-13,15-16H,2-3,5-11H2,1H3. The Bertz CT molecular complexity index is 228. The van der Waals surface area contributed by atoms with Crippen LogP contribution in [0.15, 0.2) is 12.7 Å². The van der Waals surface area contributed by atoms with Gasteiger partial charge in [0.25, 0.3) is 0 Å². The van der Waals surface area contributed by atoms with Gasteiger partial charge in [0.05, 0.1) is 18.8 Å². The van der Waals surface area contributed by atoms with Gasteiger partial charge in [0.2, 0.25) is 0 Å². The van der Waals surface area contributed by atoms with E-state index in [0.717, 1.165) is 25.3 Å². The molecule has 0 bridgehead atoms. The number of carbonyl (C=O) groups is 1. The minimum atomic E-state index is -0.431. The van der Waals surface area contributed by atoms with Crippen molar-refractivity contribution in [2.45, 2.75) is 64.1 Å². The van der Waals surface area contributed by atoms with E-state index < -0.39 is 12.1 Å². The molecule has 0 aliphatic heterocycles. The van der Waals surface area contributed by atoms with Gasteiger partial charge in [0.1, 0.15) is 0 Å². The minimum Gasteiger partial charge on any atom is -0.463 e. The van der Waals surface area contributed by atoms with Gasteiger partial charge in [0, 0.05) is 6.08 Å². The zero-order valence-corrected chi connectivity index (χ0v) is 11.3. The third kappa shape index (κ3) is 10.3. The Kier molecular flexibility index (Phi) is 10.7. The van der Waals surface area contributed by atoms with Crippen LogP contribution in [0.4, 0.5) is 0 Å². The molecule has 0 aliphatic rings. The molecule has 0 saturated heterocycles. The predicted octanol–water partition coefficient (Wildman–Crippen LogP) is 2.19. The summed E-state index contributed by atoms with van der Waals surface area (Å²) in [5.41, 5.74) is 0. The van der Waals surface area contributed by atoms with Crippen molar-refractivity contribution < 1.29 is 19.7 Å². The van der Waals surface area contributed by atoms with E-state index in [4.69, 9.17) is 4.74 Å². The summed E-state index contributed by atoms with van der Waals surface area (Å²) in [6, 6.07) is 0. The summed E-state index contributed by atoms with van der Waals surface area (Å²) in [7, 11) is 0. The Morgan fingerprint density at radius 1 is 1.17 bits per heavy atom. The van der Waals surface area contributed by atoms with E-state index in [0.29, 0.717) is 32.3 Å². The second kappa shape index (κ2) is 11.2. The molecule has 0 radical (unpaired) electrons. The molecule has 106 valence electrons. The quantitative estimate of drug-likeness (QED) is 0.339. The van der Waals surface area contributed by atoms with Gasteiger partial charge in [-0.1, -0.05) is 26.3 Å². The van der Waals surface area contributed by atoms with E-state index in [9.17, 15) is 15.0 Å². The van der Waals surface area contributed by atoms with Crippen molar-refractivity contribution in [1.82, 2.24) is 0 Å². The van der Waals surface area contributed by atoms with Crippen molar-refractivity contribution in [2.24, 2.45) is 0 Å². The fraction of sp³-hybridized carbons (Fsp3) is 0.786. The Hall–Kier alpha value is -0.870. The first-order chi connectivity index (χ1) is 8.60. The molecule has 0 saturated carbocycles. The minimum absolute atomic E-state index is 0.306. The number of hydrogen-bond donors (Lipinski definition) is 2. The number of aliphatic hydroxyl groups is 2. The van der Waals surface area contributed by atoms with Crippen molar-refractivity contribution in [3.8, 4) is 0 Å². The van der Waals surface area contributed by atoms with Crippen LogP contribution in [-0.4, -0.2) is 35.0 Å². The van der Waals surface area contributed by atoms with Crippen molar-refractivity contribution in [2.75, 3.05) is 6.61 Å². The topological polar surface area (TPSA) is 66.8 Å².